The lowest BCUT2D eigenvalue weighted by Crippen LogP contribution is -2.49. The Labute approximate surface area is 250 Å². The van der Waals surface area contributed by atoms with Crippen LogP contribution in [0.15, 0.2) is 122 Å². The van der Waals surface area contributed by atoms with Crippen LogP contribution in [0.5, 0.6) is 0 Å². The zero-order chi connectivity index (χ0) is 29.4. The van der Waals surface area contributed by atoms with Gasteiger partial charge < -0.3 is 15.5 Å². The van der Waals surface area contributed by atoms with Gasteiger partial charge in [-0.3, -0.25) is 9.59 Å². The van der Waals surface area contributed by atoms with E-state index in [0.29, 0.717) is 24.4 Å². The number of allylic oxidation sites excluding steroid dienone is 3. The number of fused-ring (bicyclic) bond motifs is 1. The average Bonchev–Trinajstić information content (AvgIpc) is 3.04. The molecule has 1 heterocycles. The van der Waals surface area contributed by atoms with Crippen molar-refractivity contribution in [2.24, 2.45) is 0 Å². The Balaban J connectivity index is 1.31. The minimum absolute atomic E-state index is 0.000208. The van der Waals surface area contributed by atoms with E-state index in [4.69, 9.17) is 0 Å². The fourth-order valence-corrected chi connectivity index (χ4v) is 6.65. The van der Waals surface area contributed by atoms with Crippen molar-refractivity contribution in [2.75, 3.05) is 19.6 Å². The molecule has 2 amide bonds. The van der Waals surface area contributed by atoms with Gasteiger partial charge in [-0.15, -0.1) is 0 Å². The van der Waals surface area contributed by atoms with E-state index in [9.17, 15) is 9.59 Å². The van der Waals surface area contributed by atoms with Crippen LogP contribution in [-0.4, -0.2) is 42.4 Å². The second-order valence-electron chi connectivity index (χ2n) is 11.4. The van der Waals surface area contributed by atoms with Crippen molar-refractivity contribution in [3.8, 4) is 0 Å². The van der Waals surface area contributed by atoms with E-state index in [2.05, 4.69) is 46.9 Å². The Morgan fingerprint density at radius 3 is 2.24 bits per heavy atom. The smallest absolute Gasteiger partial charge is 0.251 e. The first-order valence-electron chi connectivity index (χ1n) is 15.0. The van der Waals surface area contributed by atoms with Crippen LogP contribution < -0.4 is 10.6 Å². The van der Waals surface area contributed by atoms with Crippen LogP contribution in [0, 0.1) is 0 Å². The van der Waals surface area contributed by atoms with E-state index >= 15 is 0 Å². The van der Waals surface area contributed by atoms with Crippen LogP contribution in [-0.2, 0) is 16.8 Å². The van der Waals surface area contributed by atoms with Crippen LogP contribution >= 0.6 is 0 Å². The number of amides is 2. The summed E-state index contributed by atoms with van der Waals surface area (Å²) in [5.74, 6) is 0.324. The molecule has 1 aliphatic carbocycles. The minimum atomic E-state index is -0.827. The predicted molar refractivity (Wildman–Crippen MR) is 170 cm³/mol. The number of hydrogen-bond acceptors (Lipinski definition) is 3. The summed E-state index contributed by atoms with van der Waals surface area (Å²) < 4.78 is 0. The molecule has 1 aliphatic heterocycles. The molecule has 5 nitrogen and oxygen atoms in total. The van der Waals surface area contributed by atoms with Crippen molar-refractivity contribution in [2.45, 2.75) is 49.6 Å². The molecule has 1 fully saturated rings. The molecule has 2 unspecified atom stereocenters. The molecule has 5 heteroatoms. The summed E-state index contributed by atoms with van der Waals surface area (Å²) in [7, 11) is 0. The molecule has 0 spiro atoms. The monoisotopic (exact) mass is 559 g/mol. The molecule has 5 rings (SSSR count). The number of nitrogens with one attached hydrogen (secondary N) is 2. The van der Waals surface area contributed by atoms with E-state index in [1.165, 1.54) is 5.56 Å². The van der Waals surface area contributed by atoms with Gasteiger partial charge in [-0.25, -0.2) is 0 Å². The zero-order valence-corrected chi connectivity index (χ0v) is 24.3. The van der Waals surface area contributed by atoms with Crippen molar-refractivity contribution >= 4 is 11.8 Å². The van der Waals surface area contributed by atoms with Gasteiger partial charge in [0.25, 0.3) is 5.91 Å². The summed E-state index contributed by atoms with van der Waals surface area (Å²) in [6.45, 7) is 11.3. The van der Waals surface area contributed by atoms with E-state index in [-0.39, 0.29) is 17.9 Å². The lowest BCUT2D eigenvalue weighted by atomic mass is 9.62. The van der Waals surface area contributed by atoms with Crippen LogP contribution in [0.2, 0.25) is 0 Å². The number of carbonyl (C=O) groups is 2. The van der Waals surface area contributed by atoms with Gasteiger partial charge in [-0.1, -0.05) is 104 Å². The molecule has 216 valence electrons. The number of carbonyl (C=O) groups excluding carboxylic acids is 2. The highest BCUT2D eigenvalue weighted by atomic mass is 16.2. The molecule has 1 saturated heterocycles. The van der Waals surface area contributed by atoms with Crippen LogP contribution in [0.1, 0.15) is 58.6 Å². The zero-order valence-electron chi connectivity index (χ0n) is 24.3. The third-order valence-electron chi connectivity index (χ3n) is 8.86. The first kappa shape index (κ1) is 29.3. The number of likely N-dealkylation sites (tertiary alicyclic amines) is 1. The second-order valence-corrected chi connectivity index (χ2v) is 11.4. The number of benzene rings is 3. The van der Waals surface area contributed by atoms with Crippen LogP contribution in [0.3, 0.4) is 0 Å². The van der Waals surface area contributed by atoms with Gasteiger partial charge in [0, 0.05) is 37.8 Å². The lowest BCUT2D eigenvalue weighted by Gasteiger charge is -2.43. The van der Waals surface area contributed by atoms with Gasteiger partial charge in [0.2, 0.25) is 5.91 Å². The summed E-state index contributed by atoms with van der Waals surface area (Å²) in [6.07, 6.45) is 8.95. The fraction of sp³-hybridized carbons (Fsp3) is 0.297. The van der Waals surface area contributed by atoms with E-state index < -0.39 is 5.41 Å². The summed E-state index contributed by atoms with van der Waals surface area (Å²) >= 11 is 0. The van der Waals surface area contributed by atoms with Crippen molar-refractivity contribution in [1.82, 2.24) is 15.5 Å². The number of rotatable bonds is 10. The third-order valence-corrected chi connectivity index (χ3v) is 8.86. The third kappa shape index (κ3) is 6.32. The van der Waals surface area contributed by atoms with E-state index in [1.54, 1.807) is 6.08 Å². The maximum atomic E-state index is 14.2. The standard InChI is InChI=1S/C37H41N3O2/c1-3-13-31(4-2)37(36(42)38-26-28-14-7-5-8-15-28)23-20-30(33-18-11-12-19-34(33)37)27-40-24-21-32(22-25-40)39-35(41)29-16-9-6-10-17-29/h3-19,30,32H,1-2,20-27H2,(H,38,42)(H,39,41)/b31-13+. The molecule has 0 radical (unpaired) electrons. The largest absolute Gasteiger partial charge is 0.351 e. The first-order valence-corrected chi connectivity index (χ1v) is 15.0. The molecule has 0 aromatic heterocycles. The fourth-order valence-electron chi connectivity index (χ4n) is 6.65. The SMILES string of the molecule is C=C/C=C(\C=C)C1(C(=O)NCc2ccccc2)CCC(CN2CCC(NC(=O)c3ccccc3)CC2)c2ccccc21. The molecule has 3 aromatic rings. The molecular formula is C37H41N3O2. The lowest BCUT2D eigenvalue weighted by molar-refractivity contribution is -0.126. The Hall–Kier alpha value is -4.22. The molecular weight excluding hydrogens is 518 g/mol. The predicted octanol–water partition coefficient (Wildman–Crippen LogP) is 6.31. The highest BCUT2D eigenvalue weighted by Crippen LogP contribution is 2.48. The second kappa shape index (κ2) is 13.6. The molecule has 0 saturated carbocycles. The average molecular weight is 560 g/mol. The summed E-state index contributed by atoms with van der Waals surface area (Å²) in [5.41, 5.74) is 4.12. The summed E-state index contributed by atoms with van der Waals surface area (Å²) in [6, 6.07) is 28.1. The van der Waals surface area contributed by atoms with Crippen LogP contribution in [0.25, 0.3) is 0 Å². The Morgan fingerprint density at radius 1 is 0.881 bits per heavy atom. The number of piperidine rings is 1. The number of hydrogen-bond donors (Lipinski definition) is 2. The molecule has 0 bridgehead atoms. The van der Waals surface area contributed by atoms with Gasteiger partial charge in [-0.2, -0.15) is 0 Å². The molecule has 3 aromatic carbocycles. The Kier molecular flexibility index (Phi) is 9.50. The topological polar surface area (TPSA) is 61.4 Å². The van der Waals surface area contributed by atoms with Gasteiger partial charge in [0.15, 0.2) is 0 Å². The van der Waals surface area contributed by atoms with Crippen molar-refractivity contribution in [1.29, 1.82) is 0 Å². The van der Waals surface area contributed by atoms with Crippen molar-refractivity contribution < 1.29 is 9.59 Å². The van der Waals surface area contributed by atoms with Gasteiger partial charge in [0.05, 0.1) is 5.41 Å². The number of nitrogens with zero attached hydrogens (tertiary/aromatic N) is 1. The molecule has 42 heavy (non-hydrogen) atoms. The maximum absolute atomic E-state index is 14.2. The van der Waals surface area contributed by atoms with Crippen molar-refractivity contribution in [3.05, 3.63) is 144 Å². The molecule has 2 N–H and O–H groups in total. The van der Waals surface area contributed by atoms with Crippen LogP contribution in [0.4, 0.5) is 0 Å². The van der Waals surface area contributed by atoms with Gasteiger partial charge in [-0.05, 0) is 66.0 Å². The van der Waals surface area contributed by atoms with E-state index in [0.717, 1.165) is 55.6 Å². The molecule has 2 aliphatic rings. The highest BCUT2D eigenvalue weighted by molar-refractivity contribution is 5.94. The Bertz CT molecular complexity index is 1420. The first-order chi connectivity index (χ1) is 20.5. The summed E-state index contributed by atoms with van der Waals surface area (Å²) in [4.78, 5) is 29.3. The normalized spacial score (nSPS) is 21.1. The maximum Gasteiger partial charge on any atom is 0.251 e. The van der Waals surface area contributed by atoms with Crippen molar-refractivity contribution in [3.63, 3.8) is 0 Å². The quantitative estimate of drug-likeness (QED) is 0.286. The molecule has 2 atom stereocenters. The Morgan fingerprint density at radius 2 is 1.55 bits per heavy atom. The van der Waals surface area contributed by atoms with Gasteiger partial charge >= 0.3 is 0 Å². The van der Waals surface area contributed by atoms with Gasteiger partial charge in [0.1, 0.15) is 0 Å². The highest BCUT2D eigenvalue weighted by Gasteiger charge is 2.47. The summed E-state index contributed by atoms with van der Waals surface area (Å²) in [5, 5.41) is 6.46. The van der Waals surface area contributed by atoms with E-state index in [1.807, 2.05) is 78.9 Å². The minimum Gasteiger partial charge on any atom is -0.351 e.